The number of benzene rings is 2. The molecule has 0 radical (unpaired) electrons. The minimum atomic E-state index is -0.781. The Kier molecular flexibility index (Phi) is 5.86. The van der Waals surface area contributed by atoms with Crippen LogP contribution in [0.5, 0.6) is 5.75 Å². The van der Waals surface area contributed by atoms with Gasteiger partial charge in [0.15, 0.2) is 11.5 Å². The van der Waals surface area contributed by atoms with Crippen LogP contribution in [0, 0.1) is 6.92 Å². The van der Waals surface area contributed by atoms with E-state index >= 15 is 0 Å². The Balaban J connectivity index is 1.46. The monoisotopic (exact) mass is 406 g/mol. The number of aromatic nitrogens is 1. The van der Waals surface area contributed by atoms with Gasteiger partial charge in [0.2, 0.25) is 0 Å². The largest absolute Gasteiger partial charge is 0.488 e. The van der Waals surface area contributed by atoms with Gasteiger partial charge in [0, 0.05) is 18.7 Å². The maximum Gasteiger partial charge on any atom is 0.276 e. The third-order valence-corrected chi connectivity index (χ3v) is 5.68. The summed E-state index contributed by atoms with van der Waals surface area (Å²) >= 11 is 0. The van der Waals surface area contributed by atoms with Crippen LogP contribution >= 0.6 is 0 Å². The Bertz CT molecular complexity index is 984. The maximum absolute atomic E-state index is 13.0. The zero-order valence-corrected chi connectivity index (χ0v) is 17.2. The van der Waals surface area contributed by atoms with Crippen LogP contribution in [0.15, 0.2) is 65.2 Å². The van der Waals surface area contributed by atoms with Gasteiger partial charge in [-0.3, -0.25) is 4.79 Å². The number of ether oxygens (including phenoxy) is 1. The molecule has 0 aliphatic heterocycles. The number of rotatable bonds is 5. The summed E-state index contributed by atoms with van der Waals surface area (Å²) in [7, 11) is 1.70. The Morgan fingerprint density at radius 1 is 1.13 bits per heavy atom. The van der Waals surface area contributed by atoms with Gasteiger partial charge in [-0.05, 0) is 38.3 Å². The molecule has 6 heteroatoms. The second kappa shape index (κ2) is 8.71. The normalized spacial score (nSPS) is 21.2. The second-order valence-corrected chi connectivity index (χ2v) is 7.82. The standard InChI is InChI=1S/C24H26N2O4/c1-16-11-13-17(14-12-16)22-15-19(25-30-22)24(28)26(2)20-9-6-10-21(23(20)27)29-18-7-4-3-5-8-18/h3-5,7-8,11-15,20-21,23,27H,6,9-10H2,1-2H3/t20-,21-,23-/m1/s1. The van der Waals surface area contributed by atoms with E-state index in [9.17, 15) is 9.90 Å². The van der Waals surface area contributed by atoms with Crippen molar-refractivity contribution in [3.63, 3.8) is 0 Å². The zero-order valence-electron chi connectivity index (χ0n) is 17.2. The van der Waals surface area contributed by atoms with Gasteiger partial charge in [-0.15, -0.1) is 0 Å². The van der Waals surface area contributed by atoms with Crippen molar-refractivity contribution in [2.45, 2.75) is 44.4 Å². The predicted octanol–water partition coefficient (Wildman–Crippen LogP) is 4.08. The summed E-state index contributed by atoms with van der Waals surface area (Å²) in [5.41, 5.74) is 2.24. The molecule has 1 saturated carbocycles. The van der Waals surface area contributed by atoms with E-state index in [2.05, 4.69) is 5.16 Å². The fourth-order valence-electron chi connectivity index (χ4n) is 3.90. The third-order valence-electron chi connectivity index (χ3n) is 5.68. The number of aliphatic hydroxyl groups excluding tert-OH is 1. The molecular weight excluding hydrogens is 380 g/mol. The van der Waals surface area contributed by atoms with Gasteiger partial charge in [-0.25, -0.2) is 0 Å². The topological polar surface area (TPSA) is 75.8 Å². The number of nitrogens with zero attached hydrogens (tertiary/aromatic N) is 2. The van der Waals surface area contributed by atoms with Crippen molar-refractivity contribution in [1.29, 1.82) is 0 Å². The lowest BCUT2D eigenvalue weighted by Crippen LogP contribution is -2.53. The molecule has 0 bridgehead atoms. The quantitative estimate of drug-likeness (QED) is 0.691. The van der Waals surface area contributed by atoms with Crippen LogP contribution in [0.3, 0.4) is 0 Å². The number of likely N-dealkylation sites (N-methyl/N-ethyl adjacent to an activating group) is 1. The number of hydrogen-bond acceptors (Lipinski definition) is 5. The summed E-state index contributed by atoms with van der Waals surface area (Å²) in [4.78, 5) is 14.6. The molecule has 1 fully saturated rings. The van der Waals surface area contributed by atoms with Gasteiger partial charge >= 0.3 is 0 Å². The SMILES string of the molecule is Cc1ccc(-c2cc(C(=O)N(C)[C@@H]3CCC[C@@H](Oc4ccccc4)[C@@H]3O)no2)cc1. The summed E-state index contributed by atoms with van der Waals surface area (Å²) < 4.78 is 11.4. The molecule has 1 heterocycles. The van der Waals surface area contributed by atoms with Crippen LogP contribution in [0.25, 0.3) is 11.3 Å². The van der Waals surface area contributed by atoms with Crippen molar-refractivity contribution in [3.8, 4) is 17.1 Å². The summed E-state index contributed by atoms with van der Waals surface area (Å²) in [6.07, 6.45) is 1.18. The van der Waals surface area contributed by atoms with Crippen LogP contribution in [-0.4, -0.2) is 46.4 Å². The molecule has 3 aromatic rings. The van der Waals surface area contributed by atoms with Gasteiger partial charge in [0.1, 0.15) is 18.0 Å². The molecule has 0 saturated heterocycles. The van der Waals surface area contributed by atoms with E-state index < -0.39 is 6.10 Å². The number of para-hydroxylation sites is 1. The molecule has 1 aliphatic carbocycles. The van der Waals surface area contributed by atoms with Crippen molar-refractivity contribution in [1.82, 2.24) is 10.1 Å². The Morgan fingerprint density at radius 3 is 2.60 bits per heavy atom. The van der Waals surface area contributed by atoms with E-state index in [1.54, 1.807) is 18.0 Å². The van der Waals surface area contributed by atoms with Crippen LogP contribution in [-0.2, 0) is 0 Å². The van der Waals surface area contributed by atoms with Crippen molar-refractivity contribution in [2.75, 3.05) is 7.05 Å². The maximum atomic E-state index is 13.0. The van der Waals surface area contributed by atoms with Crippen LogP contribution < -0.4 is 4.74 Å². The van der Waals surface area contributed by atoms with E-state index in [1.165, 1.54) is 0 Å². The lowest BCUT2D eigenvalue weighted by atomic mass is 9.88. The van der Waals surface area contributed by atoms with E-state index in [4.69, 9.17) is 9.26 Å². The first kappa shape index (κ1) is 20.2. The first-order valence-electron chi connectivity index (χ1n) is 10.2. The average molecular weight is 406 g/mol. The summed E-state index contributed by atoms with van der Waals surface area (Å²) in [6.45, 7) is 2.01. The highest BCUT2D eigenvalue weighted by Gasteiger charge is 2.38. The summed E-state index contributed by atoms with van der Waals surface area (Å²) in [5.74, 6) is 0.984. The molecule has 6 nitrogen and oxygen atoms in total. The first-order valence-corrected chi connectivity index (χ1v) is 10.2. The second-order valence-electron chi connectivity index (χ2n) is 7.82. The van der Waals surface area contributed by atoms with Crippen LogP contribution in [0.2, 0.25) is 0 Å². The number of hydrogen-bond donors (Lipinski definition) is 1. The molecule has 156 valence electrons. The Labute approximate surface area is 176 Å². The summed E-state index contributed by atoms with van der Waals surface area (Å²) in [5, 5.41) is 14.9. The van der Waals surface area contributed by atoms with Crippen molar-refractivity contribution in [2.24, 2.45) is 0 Å². The van der Waals surface area contributed by atoms with Crippen molar-refractivity contribution < 1.29 is 19.2 Å². The number of carbonyl (C=O) groups is 1. The number of amides is 1. The van der Waals surface area contributed by atoms with Gasteiger partial charge < -0.3 is 19.3 Å². The molecule has 1 aliphatic rings. The van der Waals surface area contributed by atoms with Gasteiger partial charge in [-0.1, -0.05) is 53.2 Å². The smallest absolute Gasteiger partial charge is 0.276 e. The van der Waals surface area contributed by atoms with Gasteiger partial charge in [-0.2, -0.15) is 0 Å². The molecule has 1 N–H and O–H groups in total. The van der Waals surface area contributed by atoms with E-state index in [-0.39, 0.29) is 23.7 Å². The fourth-order valence-corrected chi connectivity index (χ4v) is 3.90. The van der Waals surface area contributed by atoms with E-state index in [1.807, 2.05) is 61.5 Å². The molecule has 2 aromatic carbocycles. The molecule has 3 atom stereocenters. The summed E-state index contributed by atoms with van der Waals surface area (Å²) in [6, 6.07) is 18.6. The molecule has 1 aromatic heterocycles. The minimum absolute atomic E-state index is 0.228. The highest BCUT2D eigenvalue weighted by molar-refractivity contribution is 5.93. The fraction of sp³-hybridized carbons (Fsp3) is 0.333. The van der Waals surface area contributed by atoms with Crippen molar-refractivity contribution in [3.05, 3.63) is 71.9 Å². The number of aryl methyl sites for hydroxylation is 1. The lowest BCUT2D eigenvalue weighted by Gasteiger charge is -2.39. The average Bonchev–Trinajstić information content (AvgIpc) is 3.26. The number of aliphatic hydroxyl groups is 1. The first-order chi connectivity index (χ1) is 14.5. The Hall–Kier alpha value is -3.12. The number of carbonyl (C=O) groups excluding carboxylic acids is 1. The van der Waals surface area contributed by atoms with Crippen LogP contribution in [0.1, 0.15) is 35.3 Å². The molecule has 0 unspecified atom stereocenters. The molecular formula is C24H26N2O4. The highest BCUT2D eigenvalue weighted by Crippen LogP contribution is 2.28. The zero-order chi connectivity index (χ0) is 21.1. The highest BCUT2D eigenvalue weighted by atomic mass is 16.5. The molecule has 4 rings (SSSR count). The Morgan fingerprint density at radius 2 is 1.87 bits per heavy atom. The van der Waals surface area contributed by atoms with Crippen molar-refractivity contribution >= 4 is 5.91 Å². The minimum Gasteiger partial charge on any atom is -0.488 e. The predicted molar refractivity (Wildman–Crippen MR) is 113 cm³/mol. The third kappa shape index (κ3) is 4.24. The molecule has 30 heavy (non-hydrogen) atoms. The van der Waals surface area contributed by atoms with Gasteiger partial charge in [0.05, 0.1) is 6.04 Å². The molecule has 1 amide bonds. The van der Waals surface area contributed by atoms with E-state index in [0.29, 0.717) is 12.2 Å². The van der Waals surface area contributed by atoms with Crippen LogP contribution in [0.4, 0.5) is 0 Å². The van der Waals surface area contributed by atoms with E-state index in [0.717, 1.165) is 29.7 Å². The van der Waals surface area contributed by atoms with Gasteiger partial charge in [0.25, 0.3) is 5.91 Å². The molecule has 0 spiro atoms. The lowest BCUT2D eigenvalue weighted by molar-refractivity contribution is -0.0414.